The summed E-state index contributed by atoms with van der Waals surface area (Å²) < 4.78 is 14.3. The molecule has 0 spiro atoms. The number of carbonyl (C=O) groups excluding carboxylic acids is 1. The largest absolute Gasteiger partial charge is 0.322 e. The van der Waals surface area contributed by atoms with Crippen molar-refractivity contribution in [1.29, 1.82) is 0 Å². The molecule has 0 unspecified atom stereocenters. The number of quaternary nitrogens is 2. The van der Waals surface area contributed by atoms with E-state index in [-0.39, 0.29) is 11.7 Å². The third kappa shape index (κ3) is 5.36. The van der Waals surface area contributed by atoms with Gasteiger partial charge in [-0.15, -0.1) is 0 Å². The van der Waals surface area contributed by atoms with Crippen molar-refractivity contribution < 1.29 is 19.0 Å². The number of carbonyl (C=O) groups is 1. The summed E-state index contributed by atoms with van der Waals surface area (Å²) in [5, 5.41) is 2.78. The zero-order chi connectivity index (χ0) is 17.6. The first-order valence-corrected chi connectivity index (χ1v) is 9.35. The second-order valence-electron chi connectivity index (χ2n) is 6.50. The minimum Gasteiger partial charge on any atom is -0.322 e. The third-order valence-electron chi connectivity index (χ3n) is 4.58. The molecule has 0 radical (unpaired) electrons. The monoisotopic (exact) mass is 407 g/mol. The highest BCUT2D eigenvalue weighted by Crippen LogP contribution is 2.14. The van der Waals surface area contributed by atoms with Crippen LogP contribution >= 0.6 is 15.9 Å². The molecule has 0 bridgehead atoms. The van der Waals surface area contributed by atoms with E-state index in [0.29, 0.717) is 12.2 Å². The molecule has 6 heteroatoms. The van der Waals surface area contributed by atoms with Crippen LogP contribution in [-0.4, -0.2) is 38.6 Å². The molecule has 0 aromatic heterocycles. The van der Waals surface area contributed by atoms with Crippen LogP contribution in [0.25, 0.3) is 0 Å². The number of rotatable bonds is 5. The van der Waals surface area contributed by atoms with Gasteiger partial charge in [0.2, 0.25) is 0 Å². The zero-order valence-corrected chi connectivity index (χ0v) is 15.6. The number of halogens is 2. The van der Waals surface area contributed by atoms with Crippen LogP contribution in [0, 0.1) is 5.82 Å². The fourth-order valence-corrected chi connectivity index (χ4v) is 3.65. The van der Waals surface area contributed by atoms with Crippen LogP contribution in [0.5, 0.6) is 0 Å². The molecule has 0 saturated carbocycles. The number of benzene rings is 2. The lowest BCUT2D eigenvalue weighted by Gasteiger charge is -2.29. The molecule has 1 fully saturated rings. The SMILES string of the molecule is O=C(C[NH+]1CC[NH+](Cc2ccccc2Br)CC1)Nc1cccc(F)c1. The Labute approximate surface area is 155 Å². The summed E-state index contributed by atoms with van der Waals surface area (Å²) in [4.78, 5) is 15.0. The van der Waals surface area contributed by atoms with Crippen molar-refractivity contribution in [1.82, 2.24) is 0 Å². The maximum atomic E-state index is 13.2. The molecule has 2 aromatic rings. The summed E-state index contributed by atoms with van der Waals surface area (Å²) in [6.07, 6.45) is 0. The maximum absolute atomic E-state index is 13.2. The van der Waals surface area contributed by atoms with Gasteiger partial charge in [0, 0.05) is 15.7 Å². The van der Waals surface area contributed by atoms with Gasteiger partial charge < -0.3 is 15.1 Å². The second kappa shape index (κ2) is 8.56. The van der Waals surface area contributed by atoms with Crippen molar-refractivity contribution in [2.45, 2.75) is 6.54 Å². The average molecular weight is 408 g/mol. The van der Waals surface area contributed by atoms with E-state index in [1.165, 1.54) is 22.6 Å². The van der Waals surface area contributed by atoms with Gasteiger partial charge in [0.1, 0.15) is 38.5 Å². The molecular weight excluding hydrogens is 385 g/mol. The number of piperazine rings is 1. The molecule has 3 rings (SSSR count). The Balaban J connectivity index is 1.44. The van der Waals surface area contributed by atoms with Crippen LogP contribution in [0.1, 0.15) is 5.56 Å². The van der Waals surface area contributed by atoms with Crippen LogP contribution in [-0.2, 0) is 11.3 Å². The molecule has 132 valence electrons. The highest BCUT2D eigenvalue weighted by Gasteiger charge is 2.25. The molecule has 3 N–H and O–H groups in total. The number of anilines is 1. The molecule has 1 aliphatic rings. The van der Waals surface area contributed by atoms with Crippen molar-refractivity contribution in [3.63, 3.8) is 0 Å². The Kier molecular flexibility index (Phi) is 6.18. The van der Waals surface area contributed by atoms with Crippen molar-refractivity contribution in [2.75, 3.05) is 38.0 Å². The van der Waals surface area contributed by atoms with E-state index in [1.54, 1.807) is 17.0 Å². The quantitative estimate of drug-likeness (QED) is 0.663. The van der Waals surface area contributed by atoms with Crippen molar-refractivity contribution in [3.8, 4) is 0 Å². The summed E-state index contributed by atoms with van der Waals surface area (Å²) in [5.74, 6) is -0.399. The van der Waals surface area contributed by atoms with Gasteiger partial charge in [-0.2, -0.15) is 0 Å². The number of hydrogen-bond acceptors (Lipinski definition) is 1. The van der Waals surface area contributed by atoms with Crippen molar-refractivity contribution in [3.05, 3.63) is 64.4 Å². The first-order chi connectivity index (χ1) is 12.1. The normalized spacial score (nSPS) is 20.2. The van der Waals surface area contributed by atoms with Gasteiger partial charge in [0.25, 0.3) is 5.91 Å². The molecule has 1 amide bonds. The molecule has 25 heavy (non-hydrogen) atoms. The molecular formula is C19H23BrFN3O+2. The van der Waals surface area contributed by atoms with Crippen LogP contribution < -0.4 is 15.1 Å². The zero-order valence-electron chi connectivity index (χ0n) is 14.0. The first kappa shape index (κ1) is 18.0. The highest BCUT2D eigenvalue weighted by molar-refractivity contribution is 9.10. The highest BCUT2D eigenvalue weighted by atomic mass is 79.9. The standard InChI is InChI=1S/C19H21BrFN3O/c20-18-7-2-1-4-15(18)13-23-8-10-24(11-9-23)14-19(25)22-17-6-3-5-16(21)12-17/h1-7,12H,8-11,13-14H2,(H,22,25)/p+2. The van der Waals surface area contributed by atoms with E-state index < -0.39 is 0 Å². The average Bonchev–Trinajstić information content (AvgIpc) is 2.58. The number of nitrogens with one attached hydrogen (secondary N) is 3. The van der Waals surface area contributed by atoms with E-state index >= 15 is 0 Å². The lowest BCUT2D eigenvalue weighted by atomic mass is 10.2. The van der Waals surface area contributed by atoms with Crippen LogP contribution in [0.2, 0.25) is 0 Å². The van der Waals surface area contributed by atoms with Crippen molar-refractivity contribution >= 4 is 27.5 Å². The summed E-state index contributed by atoms with van der Waals surface area (Å²) >= 11 is 3.61. The van der Waals surface area contributed by atoms with E-state index in [9.17, 15) is 9.18 Å². The summed E-state index contributed by atoms with van der Waals surface area (Å²) in [7, 11) is 0. The number of amides is 1. The summed E-state index contributed by atoms with van der Waals surface area (Å²) in [6.45, 7) is 5.46. The fourth-order valence-electron chi connectivity index (χ4n) is 3.22. The lowest BCUT2D eigenvalue weighted by molar-refractivity contribution is -1.02. The van der Waals surface area contributed by atoms with Gasteiger partial charge in [0.15, 0.2) is 6.54 Å². The van der Waals surface area contributed by atoms with E-state index in [1.807, 2.05) is 6.07 Å². The third-order valence-corrected chi connectivity index (χ3v) is 5.36. The van der Waals surface area contributed by atoms with Gasteiger partial charge in [-0.25, -0.2) is 4.39 Å². The van der Waals surface area contributed by atoms with Crippen LogP contribution in [0.4, 0.5) is 10.1 Å². The Hall–Kier alpha value is -1.76. The summed E-state index contributed by atoms with van der Waals surface area (Å²) in [6, 6.07) is 14.3. The van der Waals surface area contributed by atoms with Gasteiger partial charge in [-0.1, -0.05) is 40.2 Å². The minimum atomic E-state index is -0.338. The Bertz CT molecular complexity index is 732. The Morgan fingerprint density at radius 1 is 1.04 bits per heavy atom. The molecule has 1 aliphatic heterocycles. The van der Waals surface area contributed by atoms with Gasteiger partial charge in [-0.05, 0) is 24.3 Å². The van der Waals surface area contributed by atoms with E-state index in [2.05, 4.69) is 39.4 Å². The molecule has 2 aromatic carbocycles. The van der Waals surface area contributed by atoms with Crippen molar-refractivity contribution in [2.24, 2.45) is 0 Å². The summed E-state index contributed by atoms with van der Waals surface area (Å²) in [5.41, 5.74) is 1.84. The predicted molar refractivity (Wildman–Crippen MR) is 99.1 cm³/mol. The number of hydrogen-bond donors (Lipinski definition) is 3. The molecule has 1 saturated heterocycles. The fraction of sp³-hybridized carbons (Fsp3) is 0.316. The topological polar surface area (TPSA) is 38.0 Å². The van der Waals surface area contributed by atoms with Gasteiger partial charge >= 0.3 is 0 Å². The van der Waals surface area contributed by atoms with Gasteiger partial charge in [-0.3, -0.25) is 4.79 Å². The predicted octanol–water partition coefficient (Wildman–Crippen LogP) is 0.510. The smallest absolute Gasteiger partial charge is 0.279 e. The maximum Gasteiger partial charge on any atom is 0.279 e. The lowest BCUT2D eigenvalue weighted by Crippen LogP contribution is -3.28. The molecule has 0 aliphatic carbocycles. The molecule has 1 heterocycles. The second-order valence-corrected chi connectivity index (χ2v) is 7.36. The first-order valence-electron chi connectivity index (χ1n) is 8.56. The molecule has 0 atom stereocenters. The molecule has 4 nitrogen and oxygen atoms in total. The van der Waals surface area contributed by atoms with E-state index in [0.717, 1.165) is 37.2 Å². The minimum absolute atomic E-state index is 0.0603. The van der Waals surface area contributed by atoms with Gasteiger partial charge in [0.05, 0.1) is 0 Å². The van der Waals surface area contributed by atoms with Crippen LogP contribution in [0.3, 0.4) is 0 Å². The van der Waals surface area contributed by atoms with Crippen LogP contribution in [0.15, 0.2) is 53.0 Å². The van der Waals surface area contributed by atoms with E-state index in [4.69, 9.17) is 0 Å². The Morgan fingerprint density at radius 3 is 2.48 bits per heavy atom. The Morgan fingerprint density at radius 2 is 1.76 bits per heavy atom.